The summed E-state index contributed by atoms with van der Waals surface area (Å²) in [6, 6.07) is 12.8. The number of rotatable bonds is 8. The first-order chi connectivity index (χ1) is 11.7. The Labute approximate surface area is 142 Å². The van der Waals surface area contributed by atoms with Crippen LogP contribution in [0.25, 0.3) is 0 Å². The molecule has 128 valence electrons. The molecule has 0 saturated heterocycles. The van der Waals surface area contributed by atoms with Gasteiger partial charge in [-0.1, -0.05) is 19.1 Å². The number of hydrogen-bond donors (Lipinski definition) is 0. The molecule has 0 spiro atoms. The molecule has 2 rings (SSSR count). The first-order valence-corrected chi connectivity index (χ1v) is 7.78. The second-order valence-electron chi connectivity index (χ2n) is 5.06. The van der Waals surface area contributed by atoms with E-state index in [4.69, 9.17) is 18.9 Å². The van der Waals surface area contributed by atoms with Gasteiger partial charge in [-0.2, -0.15) is 0 Å². The Hall–Kier alpha value is -2.69. The van der Waals surface area contributed by atoms with Crippen molar-refractivity contribution in [3.8, 4) is 17.2 Å². The summed E-state index contributed by atoms with van der Waals surface area (Å²) in [6.45, 7) is 2.56. The molecule has 24 heavy (non-hydrogen) atoms. The van der Waals surface area contributed by atoms with Gasteiger partial charge in [0.05, 0.1) is 19.8 Å². The topological polar surface area (TPSA) is 54.0 Å². The van der Waals surface area contributed by atoms with Gasteiger partial charge >= 0.3 is 5.97 Å². The number of carbonyl (C=O) groups excluding carboxylic acids is 1. The number of esters is 1. The van der Waals surface area contributed by atoms with Gasteiger partial charge in [-0.15, -0.1) is 0 Å². The molecule has 0 saturated carbocycles. The summed E-state index contributed by atoms with van der Waals surface area (Å²) in [5.41, 5.74) is 1.61. The van der Waals surface area contributed by atoms with E-state index in [1.807, 2.05) is 24.3 Å². The van der Waals surface area contributed by atoms with Crippen LogP contribution in [0.4, 0.5) is 0 Å². The lowest BCUT2D eigenvalue weighted by Crippen LogP contribution is -2.12. The largest absolute Gasteiger partial charge is 0.493 e. The molecular formula is C19H22O5. The molecule has 5 nitrogen and oxygen atoms in total. The van der Waals surface area contributed by atoms with Gasteiger partial charge in [0, 0.05) is 0 Å². The van der Waals surface area contributed by atoms with Gasteiger partial charge < -0.3 is 18.9 Å². The van der Waals surface area contributed by atoms with Crippen molar-refractivity contribution >= 4 is 5.97 Å². The Morgan fingerprint density at radius 2 is 1.75 bits per heavy atom. The van der Waals surface area contributed by atoms with Crippen molar-refractivity contribution in [2.45, 2.75) is 13.3 Å². The van der Waals surface area contributed by atoms with E-state index in [1.165, 1.54) is 12.7 Å². The van der Waals surface area contributed by atoms with Crippen molar-refractivity contribution in [1.82, 2.24) is 0 Å². The fraction of sp³-hybridized carbons (Fsp3) is 0.316. The lowest BCUT2D eigenvalue weighted by atomic mass is 10.2. The van der Waals surface area contributed by atoms with Crippen LogP contribution in [0.2, 0.25) is 0 Å². The first kappa shape index (κ1) is 17.7. The number of aryl methyl sites for hydroxylation is 1. The second-order valence-corrected chi connectivity index (χ2v) is 5.06. The molecular weight excluding hydrogens is 308 g/mol. The van der Waals surface area contributed by atoms with Crippen LogP contribution in [-0.4, -0.2) is 33.4 Å². The van der Waals surface area contributed by atoms with Gasteiger partial charge in [-0.3, -0.25) is 0 Å². The molecule has 2 aromatic rings. The molecule has 0 aromatic heterocycles. The van der Waals surface area contributed by atoms with E-state index in [0.29, 0.717) is 23.7 Å². The smallest absolute Gasteiger partial charge is 0.338 e. The van der Waals surface area contributed by atoms with Crippen LogP contribution < -0.4 is 14.2 Å². The van der Waals surface area contributed by atoms with Crippen LogP contribution >= 0.6 is 0 Å². The molecule has 0 heterocycles. The zero-order chi connectivity index (χ0) is 17.4. The van der Waals surface area contributed by atoms with Crippen molar-refractivity contribution in [3.05, 3.63) is 53.6 Å². The fourth-order valence-electron chi connectivity index (χ4n) is 2.20. The van der Waals surface area contributed by atoms with Crippen LogP contribution in [0.1, 0.15) is 22.8 Å². The minimum Gasteiger partial charge on any atom is -0.493 e. The number of benzene rings is 2. The number of methoxy groups -OCH3 is 2. The summed E-state index contributed by atoms with van der Waals surface area (Å²) >= 11 is 0. The van der Waals surface area contributed by atoms with Crippen molar-refractivity contribution in [2.24, 2.45) is 0 Å². The van der Waals surface area contributed by atoms with Gasteiger partial charge in [0.15, 0.2) is 11.5 Å². The molecule has 0 N–H and O–H groups in total. The van der Waals surface area contributed by atoms with Gasteiger partial charge in [0.2, 0.25) is 0 Å². The van der Waals surface area contributed by atoms with Gasteiger partial charge in [-0.05, 0) is 42.3 Å². The number of ether oxygens (including phenoxy) is 4. The Balaban J connectivity index is 1.84. The quantitative estimate of drug-likeness (QED) is 0.548. The minimum absolute atomic E-state index is 0.170. The standard InChI is InChI=1S/C19H22O5/c1-4-14-6-5-7-16(12-14)23-10-11-24-19(20)15-8-9-17(21-2)18(13-15)22-3/h5-9,12-13H,4,10-11H2,1-3H3. The van der Waals surface area contributed by atoms with E-state index in [-0.39, 0.29) is 6.61 Å². The molecule has 0 radical (unpaired) electrons. The van der Waals surface area contributed by atoms with E-state index < -0.39 is 5.97 Å². The average Bonchev–Trinajstić information content (AvgIpc) is 2.64. The lowest BCUT2D eigenvalue weighted by molar-refractivity contribution is 0.0450. The van der Waals surface area contributed by atoms with Crippen LogP contribution in [0.5, 0.6) is 17.2 Å². The summed E-state index contributed by atoms with van der Waals surface area (Å²) < 4.78 is 21.1. The molecule has 0 bridgehead atoms. The normalized spacial score (nSPS) is 10.1. The molecule has 0 aliphatic carbocycles. The third-order valence-electron chi connectivity index (χ3n) is 3.51. The molecule has 2 aromatic carbocycles. The highest BCUT2D eigenvalue weighted by atomic mass is 16.6. The van der Waals surface area contributed by atoms with Crippen LogP contribution in [0.15, 0.2) is 42.5 Å². The predicted molar refractivity (Wildman–Crippen MR) is 91.1 cm³/mol. The molecule has 0 aliphatic heterocycles. The molecule has 0 atom stereocenters. The van der Waals surface area contributed by atoms with E-state index in [0.717, 1.165) is 12.2 Å². The summed E-state index contributed by atoms with van der Waals surface area (Å²) in [4.78, 5) is 12.1. The summed E-state index contributed by atoms with van der Waals surface area (Å²) in [7, 11) is 3.06. The van der Waals surface area contributed by atoms with Crippen LogP contribution in [0, 0.1) is 0 Å². The Morgan fingerprint density at radius 3 is 2.46 bits per heavy atom. The third-order valence-corrected chi connectivity index (χ3v) is 3.51. The van der Waals surface area contributed by atoms with Crippen molar-refractivity contribution in [3.63, 3.8) is 0 Å². The molecule has 0 fully saturated rings. The van der Waals surface area contributed by atoms with Crippen molar-refractivity contribution in [1.29, 1.82) is 0 Å². The zero-order valence-electron chi connectivity index (χ0n) is 14.2. The Kier molecular flexibility index (Phi) is 6.49. The molecule has 0 aliphatic rings. The van der Waals surface area contributed by atoms with Gasteiger partial charge in [0.25, 0.3) is 0 Å². The number of carbonyl (C=O) groups is 1. The Morgan fingerprint density at radius 1 is 0.958 bits per heavy atom. The number of hydrogen-bond acceptors (Lipinski definition) is 5. The molecule has 0 unspecified atom stereocenters. The Bertz CT molecular complexity index is 681. The fourth-order valence-corrected chi connectivity index (χ4v) is 2.20. The van der Waals surface area contributed by atoms with Crippen molar-refractivity contribution in [2.75, 3.05) is 27.4 Å². The maximum absolute atomic E-state index is 12.1. The van der Waals surface area contributed by atoms with Gasteiger partial charge in [-0.25, -0.2) is 4.79 Å². The SMILES string of the molecule is CCc1cccc(OCCOC(=O)c2ccc(OC)c(OC)c2)c1. The maximum Gasteiger partial charge on any atom is 0.338 e. The predicted octanol–water partition coefficient (Wildman–Crippen LogP) is 3.50. The highest BCUT2D eigenvalue weighted by Gasteiger charge is 2.11. The van der Waals surface area contributed by atoms with E-state index in [1.54, 1.807) is 25.3 Å². The van der Waals surface area contributed by atoms with Crippen LogP contribution in [0.3, 0.4) is 0 Å². The summed E-state index contributed by atoms with van der Waals surface area (Å²) in [6.07, 6.45) is 0.950. The van der Waals surface area contributed by atoms with Crippen LogP contribution in [-0.2, 0) is 11.2 Å². The van der Waals surface area contributed by atoms with E-state index in [2.05, 4.69) is 6.92 Å². The highest BCUT2D eigenvalue weighted by Crippen LogP contribution is 2.27. The van der Waals surface area contributed by atoms with Crippen molar-refractivity contribution < 1.29 is 23.7 Å². The maximum atomic E-state index is 12.1. The first-order valence-electron chi connectivity index (χ1n) is 7.78. The van der Waals surface area contributed by atoms with Gasteiger partial charge in [0.1, 0.15) is 19.0 Å². The third kappa shape index (κ3) is 4.65. The minimum atomic E-state index is -0.429. The zero-order valence-corrected chi connectivity index (χ0v) is 14.2. The summed E-state index contributed by atoms with van der Waals surface area (Å²) in [5.74, 6) is 1.39. The monoisotopic (exact) mass is 330 g/mol. The highest BCUT2D eigenvalue weighted by molar-refractivity contribution is 5.90. The molecule has 5 heteroatoms. The second kappa shape index (κ2) is 8.82. The van der Waals surface area contributed by atoms with E-state index in [9.17, 15) is 4.79 Å². The van der Waals surface area contributed by atoms with E-state index >= 15 is 0 Å². The lowest BCUT2D eigenvalue weighted by Gasteiger charge is -2.10. The molecule has 0 amide bonds. The summed E-state index contributed by atoms with van der Waals surface area (Å²) in [5, 5.41) is 0. The average molecular weight is 330 g/mol.